The Bertz CT molecular complexity index is 372. The minimum atomic E-state index is -0.169. The number of nitrogens with one attached hydrogen (secondary N) is 1. The average Bonchev–Trinajstić information content (AvgIpc) is 2.91. The Labute approximate surface area is 121 Å². The minimum Gasteiger partial charge on any atom is -0.469 e. The lowest BCUT2D eigenvalue weighted by molar-refractivity contribution is -0.145. The summed E-state index contributed by atoms with van der Waals surface area (Å²) in [6, 6.07) is 0. The zero-order valence-corrected chi connectivity index (χ0v) is 12.9. The van der Waals surface area contributed by atoms with Crippen molar-refractivity contribution in [1.29, 1.82) is 0 Å². The second-order valence-electron chi connectivity index (χ2n) is 6.96. The Hall–Kier alpha value is -1.06. The topological polar surface area (TPSA) is 55.4 Å². The minimum absolute atomic E-state index is 0.0183. The van der Waals surface area contributed by atoms with Crippen LogP contribution in [-0.4, -0.2) is 24.5 Å². The van der Waals surface area contributed by atoms with E-state index in [1.807, 2.05) is 0 Å². The van der Waals surface area contributed by atoms with Crippen LogP contribution in [0.25, 0.3) is 0 Å². The fourth-order valence-corrected chi connectivity index (χ4v) is 3.52. The van der Waals surface area contributed by atoms with Gasteiger partial charge in [-0.15, -0.1) is 0 Å². The summed E-state index contributed by atoms with van der Waals surface area (Å²) in [6.07, 6.45) is 6.72. The van der Waals surface area contributed by atoms with Crippen molar-refractivity contribution in [2.75, 3.05) is 7.11 Å². The van der Waals surface area contributed by atoms with Gasteiger partial charge in [0.05, 0.1) is 13.0 Å². The molecular formula is C16H27NO3. The van der Waals surface area contributed by atoms with Gasteiger partial charge in [0.25, 0.3) is 0 Å². The smallest absolute Gasteiger partial charge is 0.308 e. The van der Waals surface area contributed by atoms with Crippen LogP contribution in [-0.2, 0) is 14.3 Å². The van der Waals surface area contributed by atoms with Gasteiger partial charge >= 0.3 is 5.97 Å². The normalized spacial score (nSPS) is 37.5. The number of methoxy groups -OCH3 is 1. The van der Waals surface area contributed by atoms with Crippen LogP contribution < -0.4 is 5.32 Å². The van der Waals surface area contributed by atoms with E-state index in [0.717, 1.165) is 31.6 Å². The fraction of sp³-hybridized carbons (Fsp3) is 0.875. The number of hydrogen-bond donors (Lipinski definition) is 1. The van der Waals surface area contributed by atoms with Gasteiger partial charge in [0, 0.05) is 11.5 Å². The number of rotatable bonds is 3. The van der Waals surface area contributed by atoms with E-state index in [2.05, 4.69) is 19.2 Å². The molecule has 1 N–H and O–H groups in total. The molecule has 4 nitrogen and oxygen atoms in total. The van der Waals surface area contributed by atoms with Gasteiger partial charge in [-0.05, 0) is 57.8 Å². The molecule has 0 spiro atoms. The Balaban J connectivity index is 1.85. The second kappa shape index (κ2) is 6.15. The highest BCUT2D eigenvalue weighted by Crippen LogP contribution is 2.35. The molecule has 0 aromatic rings. The van der Waals surface area contributed by atoms with E-state index >= 15 is 0 Å². The molecule has 2 aliphatic rings. The van der Waals surface area contributed by atoms with Crippen molar-refractivity contribution in [3.05, 3.63) is 0 Å². The first-order valence-corrected chi connectivity index (χ1v) is 7.83. The van der Waals surface area contributed by atoms with Crippen molar-refractivity contribution in [3.63, 3.8) is 0 Å². The Morgan fingerprint density at radius 3 is 2.30 bits per heavy atom. The third-order valence-corrected chi connectivity index (χ3v) is 5.14. The zero-order chi connectivity index (χ0) is 14.8. The van der Waals surface area contributed by atoms with Crippen molar-refractivity contribution in [3.8, 4) is 0 Å². The summed E-state index contributed by atoms with van der Waals surface area (Å²) in [7, 11) is 1.42. The molecule has 114 valence electrons. The monoisotopic (exact) mass is 281 g/mol. The van der Waals surface area contributed by atoms with Gasteiger partial charge in [0.15, 0.2) is 0 Å². The molecule has 0 radical (unpaired) electrons. The molecule has 2 aliphatic carbocycles. The highest BCUT2D eigenvalue weighted by Gasteiger charge is 2.38. The third kappa shape index (κ3) is 3.53. The van der Waals surface area contributed by atoms with Crippen molar-refractivity contribution >= 4 is 11.9 Å². The lowest BCUT2D eigenvalue weighted by atomic mass is 9.78. The molecule has 1 amide bonds. The second-order valence-corrected chi connectivity index (χ2v) is 6.96. The number of ether oxygens (including phenoxy) is 1. The quantitative estimate of drug-likeness (QED) is 0.809. The average molecular weight is 281 g/mol. The maximum atomic E-state index is 12.4. The van der Waals surface area contributed by atoms with Crippen LogP contribution in [0.15, 0.2) is 0 Å². The van der Waals surface area contributed by atoms with Gasteiger partial charge in [-0.2, -0.15) is 0 Å². The van der Waals surface area contributed by atoms with Gasteiger partial charge in [0.1, 0.15) is 0 Å². The summed E-state index contributed by atoms with van der Waals surface area (Å²) in [5.41, 5.74) is -0.0487. The van der Waals surface area contributed by atoms with E-state index in [-0.39, 0.29) is 29.3 Å². The summed E-state index contributed by atoms with van der Waals surface area (Å²) in [5, 5.41) is 3.24. The first-order valence-electron chi connectivity index (χ1n) is 7.83. The van der Waals surface area contributed by atoms with E-state index < -0.39 is 0 Å². The van der Waals surface area contributed by atoms with Gasteiger partial charge in [0.2, 0.25) is 5.91 Å². The SMILES string of the molecule is COC(=O)[C@@H]1CC[C@H](C(=O)NC2(C)CCC(C)CC2)C1. The highest BCUT2D eigenvalue weighted by molar-refractivity contribution is 5.81. The molecule has 2 saturated carbocycles. The Morgan fingerprint density at radius 1 is 1.10 bits per heavy atom. The molecule has 0 aromatic heterocycles. The van der Waals surface area contributed by atoms with Crippen LogP contribution >= 0.6 is 0 Å². The van der Waals surface area contributed by atoms with Crippen LogP contribution in [0.3, 0.4) is 0 Å². The number of amides is 1. The van der Waals surface area contributed by atoms with E-state index in [9.17, 15) is 9.59 Å². The van der Waals surface area contributed by atoms with Crippen molar-refractivity contribution in [2.45, 2.75) is 64.3 Å². The van der Waals surface area contributed by atoms with Crippen LogP contribution in [0.5, 0.6) is 0 Å². The van der Waals surface area contributed by atoms with Crippen LogP contribution in [0, 0.1) is 17.8 Å². The molecule has 2 atom stereocenters. The Kier molecular flexibility index (Phi) is 4.71. The number of hydrogen-bond acceptors (Lipinski definition) is 3. The van der Waals surface area contributed by atoms with Crippen molar-refractivity contribution < 1.29 is 14.3 Å². The number of esters is 1. The molecule has 0 unspecified atom stereocenters. The van der Waals surface area contributed by atoms with Crippen molar-refractivity contribution in [1.82, 2.24) is 5.32 Å². The summed E-state index contributed by atoms with van der Waals surface area (Å²) in [6.45, 7) is 4.43. The van der Waals surface area contributed by atoms with Gasteiger partial charge < -0.3 is 10.1 Å². The fourth-order valence-electron chi connectivity index (χ4n) is 3.52. The lowest BCUT2D eigenvalue weighted by Gasteiger charge is -2.37. The summed E-state index contributed by atoms with van der Waals surface area (Å²) < 4.78 is 4.77. The van der Waals surface area contributed by atoms with Gasteiger partial charge in [-0.25, -0.2) is 0 Å². The summed E-state index contributed by atoms with van der Waals surface area (Å²) in [4.78, 5) is 23.9. The predicted octanol–water partition coefficient (Wildman–Crippen LogP) is 2.66. The van der Waals surface area contributed by atoms with E-state index in [4.69, 9.17) is 4.74 Å². The van der Waals surface area contributed by atoms with Crippen molar-refractivity contribution in [2.24, 2.45) is 17.8 Å². The summed E-state index contributed by atoms with van der Waals surface area (Å²) in [5.74, 6) is 0.631. The maximum absolute atomic E-state index is 12.4. The van der Waals surface area contributed by atoms with Crippen LogP contribution in [0.2, 0.25) is 0 Å². The molecule has 4 heteroatoms. The molecule has 0 bridgehead atoms. The van der Waals surface area contributed by atoms with Crippen LogP contribution in [0.1, 0.15) is 58.8 Å². The Morgan fingerprint density at radius 2 is 1.70 bits per heavy atom. The highest BCUT2D eigenvalue weighted by atomic mass is 16.5. The first-order chi connectivity index (χ1) is 9.43. The lowest BCUT2D eigenvalue weighted by Crippen LogP contribution is -2.49. The molecule has 0 heterocycles. The predicted molar refractivity (Wildman–Crippen MR) is 77.0 cm³/mol. The van der Waals surface area contributed by atoms with Gasteiger partial charge in [-0.1, -0.05) is 6.92 Å². The standard InChI is InChI=1S/C16H27NO3/c1-11-6-8-16(2,9-7-11)17-14(18)12-4-5-13(10-12)15(19)20-3/h11-13H,4-10H2,1-3H3,(H,17,18)/t11?,12-,13+,16?/m0/s1. The van der Waals surface area contributed by atoms with E-state index in [0.29, 0.717) is 6.42 Å². The van der Waals surface area contributed by atoms with E-state index in [1.165, 1.54) is 20.0 Å². The number of carbonyl (C=O) groups excluding carboxylic acids is 2. The summed E-state index contributed by atoms with van der Waals surface area (Å²) >= 11 is 0. The zero-order valence-electron chi connectivity index (χ0n) is 12.9. The molecule has 0 aromatic carbocycles. The van der Waals surface area contributed by atoms with Crippen LogP contribution in [0.4, 0.5) is 0 Å². The largest absolute Gasteiger partial charge is 0.469 e. The van der Waals surface area contributed by atoms with Gasteiger partial charge in [-0.3, -0.25) is 9.59 Å². The molecule has 2 fully saturated rings. The molecule has 0 saturated heterocycles. The first kappa shape index (κ1) is 15.3. The maximum Gasteiger partial charge on any atom is 0.308 e. The molecule has 20 heavy (non-hydrogen) atoms. The molecule has 2 rings (SSSR count). The van der Waals surface area contributed by atoms with E-state index in [1.54, 1.807) is 0 Å². The molecule has 0 aliphatic heterocycles. The number of carbonyl (C=O) groups is 2. The third-order valence-electron chi connectivity index (χ3n) is 5.14. The molecular weight excluding hydrogens is 254 g/mol.